The van der Waals surface area contributed by atoms with Crippen LogP contribution in [0.4, 0.5) is 0 Å². The molecule has 1 fully saturated rings. The summed E-state index contributed by atoms with van der Waals surface area (Å²) in [6.07, 6.45) is 2.68. The van der Waals surface area contributed by atoms with Crippen molar-refractivity contribution in [1.29, 1.82) is 0 Å². The van der Waals surface area contributed by atoms with Crippen molar-refractivity contribution in [2.75, 3.05) is 18.6 Å². The molecular formula is C20H36N4O6S. The molecule has 11 heteroatoms. The van der Waals surface area contributed by atoms with E-state index >= 15 is 0 Å². The first-order chi connectivity index (χ1) is 14.5. The molecule has 6 atom stereocenters. The quantitative estimate of drug-likeness (QED) is 0.261. The summed E-state index contributed by atoms with van der Waals surface area (Å²) in [7, 11) is 0. The number of rotatable bonds is 12. The number of hydrogen-bond acceptors (Lipinski definition) is 7. The average molecular weight is 461 g/mol. The van der Waals surface area contributed by atoms with Crippen LogP contribution < -0.4 is 16.4 Å². The molecule has 3 amide bonds. The van der Waals surface area contributed by atoms with E-state index in [1.807, 2.05) is 13.2 Å². The summed E-state index contributed by atoms with van der Waals surface area (Å²) in [5.41, 5.74) is 5.68. The van der Waals surface area contributed by atoms with Gasteiger partial charge in [-0.2, -0.15) is 11.8 Å². The number of aliphatic carboxylic acids is 1. The molecule has 6 unspecified atom stereocenters. The SMILES string of the molecule is CCC(C)C(NC(=O)C(N)C(C)O)C(=O)NC(CCSC)C(=O)N1CCCC1C(=O)O. The van der Waals surface area contributed by atoms with Crippen molar-refractivity contribution in [2.24, 2.45) is 11.7 Å². The summed E-state index contributed by atoms with van der Waals surface area (Å²) in [5.74, 6) is -2.34. The standard InChI is InChI=1S/C20H36N4O6S/c1-5-11(2)16(23-17(26)15(21)12(3)25)18(27)22-13(8-10-31-4)19(28)24-9-6-7-14(24)20(29)30/h11-16,25H,5-10,21H2,1-4H3,(H,22,27)(H,23,26)(H,29,30). The van der Waals surface area contributed by atoms with Gasteiger partial charge in [0.2, 0.25) is 17.7 Å². The Morgan fingerprint density at radius 1 is 1.19 bits per heavy atom. The van der Waals surface area contributed by atoms with Crippen molar-refractivity contribution >= 4 is 35.5 Å². The van der Waals surface area contributed by atoms with Gasteiger partial charge < -0.3 is 31.5 Å². The molecule has 0 aromatic heterocycles. The molecule has 0 radical (unpaired) electrons. The van der Waals surface area contributed by atoms with Crippen molar-refractivity contribution in [2.45, 2.75) is 76.7 Å². The predicted octanol–water partition coefficient (Wildman–Crippen LogP) is -0.461. The van der Waals surface area contributed by atoms with Crippen molar-refractivity contribution in [1.82, 2.24) is 15.5 Å². The Morgan fingerprint density at radius 3 is 2.35 bits per heavy atom. The number of amides is 3. The van der Waals surface area contributed by atoms with Gasteiger partial charge in [-0.05, 0) is 44.1 Å². The lowest BCUT2D eigenvalue weighted by Crippen LogP contribution is -2.59. The second kappa shape index (κ2) is 12.9. The van der Waals surface area contributed by atoms with Crippen LogP contribution in [0.5, 0.6) is 0 Å². The first-order valence-corrected chi connectivity index (χ1v) is 12.0. The number of carboxylic acid groups (broad SMARTS) is 1. The molecule has 1 aliphatic heterocycles. The van der Waals surface area contributed by atoms with Crippen LogP contribution in [0.3, 0.4) is 0 Å². The Morgan fingerprint density at radius 2 is 1.84 bits per heavy atom. The minimum Gasteiger partial charge on any atom is -0.480 e. The van der Waals surface area contributed by atoms with Gasteiger partial charge in [0.1, 0.15) is 24.2 Å². The smallest absolute Gasteiger partial charge is 0.326 e. The molecule has 0 bridgehead atoms. The van der Waals surface area contributed by atoms with Gasteiger partial charge in [-0.15, -0.1) is 0 Å². The van der Waals surface area contributed by atoms with Crippen LogP contribution in [0.15, 0.2) is 0 Å². The van der Waals surface area contributed by atoms with Gasteiger partial charge in [0.15, 0.2) is 0 Å². The monoisotopic (exact) mass is 460 g/mol. The fourth-order valence-electron chi connectivity index (χ4n) is 3.41. The number of nitrogens with zero attached hydrogens (tertiary/aromatic N) is 1. The Labute approximate surface area is 187 Å². The highest BCUT2D eigenvalue weighted by atomic mass is 32.2. The van der Waals surface area contributed by atoms with Gasteiger partial charge in [-0.25, -0.2) is 4.79 Å². The Kier molecular flexibility index (Phi) is 11.3. The highest BCUT2D eigenvalue weighted by Crippen LogP contribution is 2.20. The van der Waals surface area contributed by atoms with Crippen molar-refractivity contribution in [3.05, 3.63) is 0 Å². The summed E-state index contributed by atoms with van der Waals surface area (Å²) >= 11 is 1.51. The molecule has 1 saturated heterocycles. The van der Waals surface area contributed by atoms with E-state index in [1.54, 1.807) is 6.92 Å². The number of nitrogens with two attached hydrogens (primary N) is 1. The Balaban J connectivity index is 3.01. The van der Waals surface area contributed by atoms with Crippen molar-refractivity contribution < 1.29 is 29.4 Å². The molecule has 6 N–H and O–H groups in total. The molecule has 0 aromatic rings. The highest BCUT2D eigenvalue weighted by Gasteiger charge is 2.38. The summed E-state index contributed by atoms with van der Waals surface area (Å²) in [6.45, 7) is 5.37. The van der Waals surface area contributed by atoms with E-state index in [0.717, 1.165) is 0 Å². The number of carboxylic acids is 1. The van der Waals surface area contributed by atoms with E-state index in [-0.39, 0.29) is 5.92 Å². The third kappa shape index (κ3) is 7.65. The number of thioether (sulfide) groups is 1. The molecule has 0 aromatic carbocycles. The number of hydrogen-bond donors (Lipinski definition) is 5. The largest absolute Gasteiger partial charge is 0.480 e. The van der Waals surface area contributed by atoms with Crippen LogP contribution in [-0.2, 0) is 19.2 Å². The first kappa shape index (κ1) is 27.2. The molecule has 1 aliphatic rings. The number of aliphatic hydroxyl groups is 1. The summed E-state index contributed by atoms with van der Waals surface area (Å²) in [5, 5.41) is 24.3. The molecular weight excluding hydrogens is 424 g/mol. The van der Waals surface area contributed by atoms with E-state index in [4.69, 9.17) is 5.73 Å². The highest BCUT2D eigenvalue weighted by molar-refractivity contribution is 7.98. The zero-order valence-electron chi connectivity index (χ0n) is 18.7. The molecule has 1 heterocycles. The van der Waals surface area contributed by atoms with E-state index in [0.29, 0.717) is 38.0 Å². The minimum absolute atomic E-state index is 0.250. The normalized spacial score (nSPS) is 21.0. The number of carbonyl (C=O) groups excluding carboxylic acids is 3. The average Bonchev–Trinajstić information content (AvgIpc) is 3.23. The fraction of sp³-hybridized carbons (Fsp3) is 0.800. The van der Waals surface area contributed by atoms with Crippen LogP contribution in [0.25, 0.3) is 0 Å². The first-order valence-electron chi connectivity index (χ1n) is 10.6. The Hall–Kier alpha value is -1.85. The van der Waals surface area contributed by atoms with Gasteiger partial charge in [0.25, 0.3) is 0 Å². The maximum absolute atomic E-state index is 13.1. The van der Waals surface area contributed by atoms with Crippen LogP contribution in [-0.4, -0.2) is 87.6 Å². The molecule has 31 heavy (non-hydrogen) atoms. The van der Waals surface area contributed by atoms with Gasteiger partial charge in [-0.3, -0.25) is 14.4 Å². The van der Waals surface area contributed by atoms with Crippen molar-refractivity contribution in [3.63, 3.8) is 0 Å². The van der Waals surface area contributed by atoms with Gasteiger partial charge >= 0.3 is 5.97 Å². The summed E-state index contributed by atoms with van der Waals surface area (Å²) in [6, 6.07) is -3.92. The fourth-order valence-corrected chi connectivity index (χ4v) is 3.88. The number of carbonyl (C=O) groups is 4. The third-order valence-corrected chi connectivity index (χ3v) is 6.31. The second-order valence-corrected chi connectivity index (χ2v) is 8.99. The maximum atomic E-state index is 13.1. The van der Waals surface area contributed by atoms with Crippen LogP contribution >= 0.6 is 11.8 Å². The minimum atomic E-state index is -1.19. The van der Waals surface area contributed by atoms with Crippen LogP contribution in [0, 0.1) is 5.92 Å². The number of likely N-dealkylation sites (tertiary alicyclic amines) is 1. The number of aliphatic hydroxyl groups excluding tert-OH is 1. The zero-order valence-corrected chi connectivity index (χ0v) is 19.5. The lowest BCUT2D eigenvalue weighted by molar-refractivity contribution is -0.149. The zero-order chi connectivity index (χ0) is 23.7. The number of nitrogens with one attached hydrogen (secondary N) is 2. The third-order valence-electron chi connectivity index (χ3n) is 5.66. The lowest BCUT2D eigenvalue weighted by atomic mass is 9.97. The molecule has 0 saturated carbocycles. The van der Waals surface area contributed by atoms with Gasteiger partial charge in [0.05, 0.1) is 6.10 Å². The molecule has 1 rings (SSSR count). The van der Waals surface area contributed by atoms with Crippen molar-refractivity contribution in [3.8, 4) is 0 Å². The van der Waals surface area contributed by atoms with E-state index in [1.165, 1.54) is 23.6 Å². The predicted molar refractivity (Wildman–Crippen MR) is 118 cm³/mol. The van der Waals surface area contributed by atoms with Crippen LogP contribution in [0.1, 0.15) is 46.5 Å². The summed E-state index contributed by atoms with van der Waals surface area (Å²) < 4.78 is 0. The van der Waals surface area contributed by atoms with Crippen LogP contribution in [0.2, 0.25) is 0 Å². The molecule has 0 spiro atoms. The van der Waals surface area contributed by atoms with E-state index in [9.17, 15) is 29.4 Å². The molecule has 10 nitrogen and oxygen atoms in total. The van der Waals surface area contributed by atoms with Gasteiger partial charge in [-0.1, -0.05) is 20.3 Å². The van der Waals surface area contributed by atoms with Gasteiger partial charge in [0, 0.05) is 6.54 Å². The van der Waals surface area contributed by atoms with E-state index < -0.39 is 54.0 Å². The Bertz CT molecular complexity index is 647. The lowest BCUT2D eigenvalue weighted by Gasteiger charge is -2.30. The molecule has 0 aliphatic carbocycles. The van der Waals surface area contributed by atoms with E-state index in [2.05, 4.69) is 10.6 Å². The maximum Gasteiger partial charge on any atom is 0.326 e. The topological polar surface area (TPSA) is 162 Å². The summed E-state index contributed by atoms with van der Waals surface area (Å²) in [4.78, 5) is 51.3. The second-order valence-electron chi connectivity index (χ2n) is 8.01. The molecule has 178 valence electrons.